The van der Waals surface area contributed by atoms with Gasteiger partial charge >= 0.3 is 6.09 Å². The SMILES string of the molecule is CN1CCC(C(C)(O)CNC(=O)OCc2ccccc2)CC1. The fraction of sp³-hybridized carbons (Fsp3) is 0.588. The zero-order valence-corrected chi connectivity index (χ0v) is 13.4. The van der Waals surface area contributed by atoms with Gasteiger partial charge in [0.15, 0.2) is 0 Å². The van der Waals surface area contributed by atoms with Gasteiger partial charge in [-0.25, -0.2) is 4.79 Å². The van der Waals surface area contributed by atoms with Crippen LogP contribution >= 0.6 is 0 Å². The molecule has 2 N–H and O–H groups in total. The number of benzene rings is 1. The lowest BCUT2D eigenvalue weighted by molar-refractivity contribution is -0.0239. The quantitative estimate of drug-likeness (QED) is 0.873. The number of ether oxygens (including phenoxy) is 1. The molecule has 22 heavy (non-hydrogen) atoms. The van der Waals surface area contributed by atoms with Crippen LogP contribution in [0.25, 0.3) is 0 Å². The first-order valence-corrected chi connectivity index (χ1v) is 7.83. The molecule has 1 saturated heterocycles. The van der Waals surface area contributed by atoms with Crippen molar-refractivity contribution < 1.29 is 14.6 Å². The van der Waals surface area contributed by atoms with Crippen LogP contribution in [0.4, 0.5) is 4.79 Å². The average molecular weight is 306 g/mol. The monoisotopic (exact) mass is 306 g/mol. The summed E-state index contributed by atoms with van der Waals surface area (Å²) in [6.45, 7) is 4.22. The number of nitrogens with zero attached hydrogens (tertiary/aromatic N) is 1. The van der Waals surface area contributed by atoms with Crippen LogP contribution in [0.3, 0.4) is 0 Å². The Kier molecular flexibility index (Phi) is 5.80. The van der Waals surface area contributed by atoms with E-state index in [9.17, 15) is 9.90 Å². The number of nitrogens with one attached hydrogen (secondary N) is 1. The number of alkyl carbamates (subject to hydrolysis) is 1. The summed E-state index contributed by atoms with van der Waals surface area (Å²) < 4.78 is 5.16. The number of carbonyl (C=O) groups excluding carboxylic acids is 1. The van der Waals surface area contributed by atoms with E-state index in [1.54, 1.807) is 6.92 Å². The molecule has 1 unspecified atom stereocenters. The summed E-state index contributed by atoms with van der Waals surface area (Å²) in [5.74, 6) is 0.207. The van der Waals surface area contributed by atoms with Gasteiger partial charge in [-0.15, -0.1) is 0 Å². The Hall–Kier alpha value is -1.59. The molecule has 5 nitrogen and oxygen atoms in total. The highest BCUT2D eigenvalue weighted by molar-refractivity contribution is 5.67. The second-order valence-electron chi connectivity index (χ2n) is 6.35. The fourth-order valence-corrected chi connectivity index (χ4v) is 2.80. The van der Waals surface area contributed by atoms with E-state index < -0.39 is 11.7 Å². The fourth-order valence-electron chi connectivity index (χ4n) is 2.80. The molecule has 0 radical (unpaired) electrons. The van der Waals surface area contributed by atoms with Gasteiger partial charge in [0.2, 0.25) is 0 Å². The molecule has 1 aliphatic rings. The number of amides is 1. The molecule has 1 heterocycles. The summed E-state index contributed by atoms with van der Waals surface area (Å²) in [6, 6.07) is 9.54. The normalized spacial score (nSPS) is 19.4. The van der Waals surface area contributed by atoms with Crippen molar-refractivity contribution in [2.75, 3.05) is 26.7 Å². The Morgan fingerprint density at radius 3 is 2.64 bits per heavy atom. The molecule has 1 aromatic rings. The molecule has 0 spiro atoms. The molecule has 0 aromatic heterocycles. The zero-order chi connectivity index (χ0) is 16.0. The molecule has 1 atom stereocenters. The maximum absolute atomic E-state index is 11.7. The summed E-state index contributed by atoms with van der Waals surface area (Å²) in [5, 5.41) is 13.2. The van der Waals surface area contributed by atoms with Crippen LogP contribution in [0.15, 0.2) is 30.3 Å². The van der Waals surface area contributed by atoms with Gasteiger partial charge in [0.05, 0.1) is 5.60 Å². The van der Waals surface area contributed by atoms with Crippen LogP contribution in [0, 0.1) is 5.92 Å². The van der Waals surface area contributed by atoms with E-state index in [1.807, 2.05) is 30.3 Å². The highest BCUT2D eigenvalue weighted by Crippen LogP contribution is 2.27. The number of piperidine rings is 1. The predicted molar refractivity (Wildman–Crippen MR) is 85.5 cm³/mol. The Morgan fingerprint density at radius 2 is 2.00 bits per heavy atom. The van der Waals surface area contributed by atoms with Crippen molar-refractivity contribution >= 4 is 6.09 Å². The first-order valence-electron chi connectivity index (χ1n) is 7.83. The van der Waals surface area contributed by atoms with E-state index in [2.05, 4.69) is 17.3 Å². The van der Waals surface area contributed by atoms with E-state index in [1.165, 1.54) is 0 Å². The van der Waals surface area contributed by atoms with E-state index in [4.69, 9.17) is 4.74 Å². The van der Waals surface area contributed by atoms with Gasteiger partial charge in [0, 0.05) is 6.54 Å². The third-order valence-electron chi connectivity index (χ3n) is 4.40. The number of hydrogen-bond acceptors (Lipinski definition) is 4. The molecule has 122 valence electrons. The summed E-state index contributed by atoms with van der Waals surface area (Å²) in [5.41, 5.74) is 0.0484. The largest absolute Gasteiger partial charge is 0.445 e. The highest BCUT2D eigenvalue weighted by atomic mass is 16.5. The topological polar surface area (TPSA) is 61.8 Å². The van der Waals surface area contributed by atoms with Crippen LogP contribution in [0.2, 0.25) is 0 Å². The first-order chi connectivity index (χ1) is 10.5. The smallest absolute Gasteiger partial charge is 0.407 e. The Balaban J connectivity index is 1.72. The molecule has 0 saturated carbocycles. The summed E-state index contributed by atoms with van der Waals surface area (Å²) in [7, 11) is 2.09. The Labute approximate surface area is 132 Å². The van der Waals surface area contributed by atoms with Crippen molar-refractivity contribution in [3.8, 4) is 0 Å². The molecule has 1 amide bonds. The first kappa shape index (κ1) is 16.8. The maximum atomic E-state index is 11.7. The van der Waals surface area contributed by atoms with Crippen LogP contribution in [-0.2, 0) is 11.3 Å². The number of likely N-dealkylation sites (tertiary alicyclic amines) is 1. The van der Waals surface area contributed by atoms with Crippen molar-refractivity contribution in [3.05, 3.63) is 35.9 Å². The number of aliphatic hydroxyl groups is 1. The third-order valence-corrected chi connectivity index (χ3v) is 4.40. The average Bonchev–Trinajstić information content (AvgIpc) is 2.52. The second-order valence-corrected chi connectivity index (χ2v) is 6.35. The third kappa shape index (κ3) is 5.00. The van der Waals surface area contributed by atoms with Crippen molar-refractivity contribution in [2.24, 2.45) is 5.92 Å². The highest BCUT2D eigenvalue weighted by Gasteiger charge is 2.34. The van der Waals surface area contributed by atoms with Crippen LogP contribution in [0.1, 0.15) is 25.3 Å². The van der Waals surface area contributed by atoms with Crippen molar-refractivity contribution in [2.45, 2.75) is 32.0 Å². The molecular formula is C17H26N2O3. The van der Waals surface area contributed by atoms with Crippen molar-refractivity contribution in [3.63, 3.8) is 0 Å². The molecule has 2 rings (SSSR count). The second kappa shape index (κ2) is 7.61. The van der Waals surface area contributed by atoms with Gasteiger partial charge in [-0.3, -0.25) is 0 Å². The Morgan fingerprint density at radius 1 is 1.36 bits per heavy atom. The number of carbonyl (C=O) groups is 1. The van der Waals surface area contributed by atoms with Crippen LogP contribution < -0.4 is 5.32 Å². The van der Waals surface area contributed by atoms with Crippen LogP contribution in [-0.4, -0.2) is 48.4 Å². The predicted octanol–water partition coefficient (Wildman–Crippen LogP) is 2.01. The van der Waals surface area contributed by atoms with Crippen LogP contribution in [0.5, 0.6) is 0 Å². The molecular weight excluding hydrogens is 280 g/mol. The van der Waals surface area contributed by atoms with Gasteiger partial charge in [-0.2, -0.15) is 0 Å². The van der Waals surface area contributed by atoms with E-state index in [0.717, 1.165) is 31.5 Å². The maximum Gasteiger partial charge on any atom is 0.407 e. The standard InChI is InChI=1S/C17H26N2O3/c1-17(21,15-8-10-19(2)11-9-15)13-18-16(20)22-12-14-6-4-3-5-7-14/h3-7,15,21H,8-13H2,1-2H3,(H,18,20). The van der Waals surface area contributed by atoms with Gasteiger partial charge < -0.3 is 20.1 Å². The minimum absolute atomic E-state index is 0.207. The molecule has 5 heteroatoms. The van der Waals surface area contributed by atoms with Crippen molar-refractivity contribution in [1.82, 2.24) is 10.2 Å². The minimum atomic E-state index is -0.896. The molecule has 0 bridgehead atoms. The minimum Gasteiger partial charge on any atom is -0.445 e. The van der Waals surface area contributed by atoms with E-state index in [0.29, 0.717) is 0 Å². The summed E-state index contributed by atoms with van der Waals surface area (Å²) in [6.07, 6.45) is 1.41. The summed E-state index contributed by atoms with van der Waals surface area (Å²) in [4.78, 5) is 14.0. The summed E-state index contributed by atoms with van der Waals surface area (Å²) >= 11 is 0. The van der Waals surface area contributed by atoms with Gasteiger partial charge in [-0.05, 0) is 51.4 Å². The Bertz CT molecular complexity index is 468. The lowest BCUT2D eigenvalue weighted by atomic mass is 9.82. The van der Waals surface area contributed by atoms with E-state index in [-0.39, 0.29) is 19.1 Å². The number of hydrogen-bond donors (Lipinski definition) is 2. The molecule has 1 aromatic carbocycles. The zero-order valence-electron chi connectivity index (χ0n) is 13.4. The van der Waals surface area contributed by atoms with Gasteiger partial charge in [0.25, 0.3) is 0 Å². The van der Waals surface area contributed by atoms with Gasteiger partial charge in [0.1, 0.15) is 6.61 Å². The van der Waals surface area contributed by atoms with E-state index >= 15 is 0 Å². The molecule has 1 fully saturated rings. The lowest BCUT2D eigenvalue weighted by Gasteiger charge is -2.38. The van der Waals surface area contributed by atoms with Gasteiger partial charge in [-0.1, -0.05) is 30.3 Å². The lowest BCUT2D eigenvalue weighted by Crippen LogP contribution is -2.49. The number of rotatable bonds is 5. The van der Waals surface area contributed by atoms with Crippen molar-refractivity contribution in [1.29, 1.82) is 0 Å². The molecule has 1 aliphatic heterocycles. The molecule has 0 aliphatic carbocycles.